The summed E-state index contributed by atoms with van der Waals surface area (Å²) in [6.07, 6.45) is 0.775. The highest BCUT2D eigenvalue weighted by atomic mass is 32.2. The highest BCUT2D eigenvalue weighted by Gasteiger charge is 2.21. The molecule has 0 radical (unpaired) electrons. The van der Waals surface area contributed by atoms with Gasteiger partial charge in [0, 0.05) is 26.7 Å². The third-order valence-corrected chi connectivity index (χ3v) is 6.64. The maximum atomic E-state index is 12.7. The van der Waals surface area contributed by atoms with E-state index in [9.17, 15) is 13.2 Å². The van der Waals surface area contributed by atoms with Crippen molar-refractivity contribution in [1.82, 2.24) is 9.62 Å². The van der Waals surface area contributed by atoms with E-state index in [0.29, 0.717) is 11.3 Å². The molecule has 0 bridgehead atoms. The van der Waals surface area contributed by atoms with Gasteiger partial charge in [0.15, 0.2) is 0 Å². The van der Waals surface area contributed by atoms with Gasteiger partial charge in [-0.15, -0.1) is 0 Å². The molecular weight excluding hydrogens is 374 g/mol. The van der Waals surface area contributed by atoms with Gasteiger partial charge in [0.2, 0.25) is 0 Å². The summed E-state index contributed by atoms with van der Waals surface area (Å²) in [5, 5.41) is 3.08. The smallest absolute Gasteiger partial charge is 0.303 e. The van der Waals surface area contributed by atoms with Crippen LogP contribution in [-0.4, -0.2) is 39.8 Å². The number of aryl methyl sites for hydroxylation is 2. The van der Waals surface area contributed by atoms with E-state index in [2.05, 4.69) is 17.4 Å². The predicted octanol–water partition coefficient (Wildman–Crippen LogP) is 3.43. The maximum Gasteiger partial charge on any atom is 0.303 e. The number of benzene rings is 2. The molecule has 2 aromatic rings. The second kappa shape index (κ2) is 8.75. The van der Waals surface area contributed by atoms with Crippen LogP contribution in [0.25, 0.3) is 0 Å². The van der Waals surface area contributed by atoms with Gasteiger partial charge < -0.3 is 5.32 Å². The minimum Gasteiger partial charge on any atom is -0.345 e. The van der Waals surface area contributed by atoms with Crippen molar-refractivity contribution in [3.05, 3.63) is 64.7 Å². The van der Waals surface area contributed by atoms with Crippen LogP contribution in [0.15, 0.2) is 42.5 Å². The van der Waals surface area contributed by atoms with Crippen LogP contribution < -0.4 is 9.62 Å². The Morgan fingerprint density at radius 3 is 2.14 bits per heavy atom. The van der Waals surface area contributed by atoms with E-state index in [0.717, 1.165) is 21.9 Å². The zero-order valence-electron chi connectivity index (χ0n) is 17.4. The fourth-order valence-electron chi connectivity index (χ4n) is 3.06. The van der Waals surface area contributed by atoms with Crippen LogP contribution >= 0.6 is 0 Å². The molecule has 0 saturated carbocycles. The largest absolute Gasteiger partial charge is 0.345 e. The highest BCUT2D eigenvalue weighted by molar-refractivity contribution is 7.90. The zero-order valence-corrected chi connectivity index (χ0v) is 18.2. The van der Waals surface area contributed by atoms with Gasteiger partial charge in [-0.1, -0.05) is 30.7 Å². The van der Waals surface area contributed by atoms with Gasteiger partial charge in [-0.2, -0.15) is 12.7 Å². The van der Waals surface area contributed by atoms with Crippen molar-refractivity contribution in [3.63, 3.8) is 0 Å². The van der Waals surface area contributed by atoms with Crippen molar-refractivity contribution in [1.29, 1.82) is 0 Å². The number of rotatable bonds is 7. The Hall–Kier alpha value is -2.38. The van der Waals surface area contributed by atoms with E-state index >= 15 is 0 Å². The standard InChI is InChI=1S/C21H29N3O3S/c1-7-20(19-13-8-15(2)14-16(19)3)22-21(25)17-9-11-18(12-10-17)24(6)28(26,27)23(4)5/h8-14,20H,7H2,1-6H3,(H,22,25). The molecule has 2 aromatic carbocycles. The number of nitrogens with one attached hydrogen (secondary N) is 1. The minimum atomic E-state index is -3.56. The molecule has 0 aliphatic rings. The van der Waals surface area contributed by atoms with E-state index in [1.807, 2.05) is 26.8 Å². The van der Waals surface area contributed by atoms with Crippen molar-refractivity contribution < 1.29 is 13.2 Å². The van der Waals surface area contributed by atoms with E-state index < -0.39 is 10.2 Å². The van der Waals surface area contributed by atoms with E-state index in [1.54, 1.807) is 24.3 Å². The SMILES string of the molecule is CCC(NC(=O)c1ccc(N(C)S(=O)(=O)N(C)C)cc1)c1ccc(C)cc1C. The van der Waals surface area contributed by atoms with Gasteiger partial charge in [-0.3, -0.25) is 9.10 Å². The molecule has 1 unspecified atom stereocenters. The highest BCUT2D eigenvalue weighted by Crippen LogP contribution is 2.23. The molecule has 152 valence electrons. The molecule has 0 saturated heterocycles. The van der Waals surface area contributed by atoms with Gasteiger partial charge in [0.05, 0.1) is 11.7 Å². The lowest BCUT2D eigenvalue weighted by Crippen LogP contribution is -2.37. The Bertz CT molecular complexity index is 938. The first kappa shape index (κ1) is 21.9. The lowest BCUT2D eigenvalue weighted by atomic mass is 9.97. The molecule has 6 nitrogen and oxygen atoms in total. The summed E-state index contributed by atoms with van der Waals surface area (Å²) in [4.78, 5) is 12.7. The first-order chi connectivity index (χ1) is 13.1. The molecule has 0 spiro atoms. The summed E-state index contributed by atoms with van der Waals surface area (Å²) in [7, 11) is 0.875. The average molecular weight is 404 g/mol. The van der Waals surface area contributed by atoms with Crippen LogP contribution in [-0.2, 0) is 10.2 Å². The number of amides is 1. The number of carbonyl (C=O) groups excluding carboxylic acids is 1. The molecule has 1 N–H and O–H groups in total. The Labute approximate surface area is 168 Å². The normalized spacial score (nSPS) is 12.7. The van der Waals surface area contributed by atoms with Crippen molar-refractivity contribution in [2.75, 3.05) is 25.4 Å². The molecule has 2 rings (SSSR count). The van der Waals surface area contributed by atoms with Gasteiger partial charge >= 0.3 is 10.2 Å². The van der Waals surface area contributed by atoms with Crippen molar-refractivity contribution in [2.24, 2.45) is 0 Å². The van der Waals surface area contributed by atoms with Crippen molar-refractivity contribution >= 4 is 21.8 Å². The second-order valence-electron chi connectivity index (χ2n) is 7.10. The quantitative estimate of drug-likeness (QED) is 0.770. The third-order valence-electron chi connectivity index (χ3n) is 4.81. The topological polar surface area (TPSA) is 69.7 Å². The first-order valence-electron chi connectivity index (χ1n) is 9.22. The van der Waals surface area contributed by atoms with Crippen LogP contribution in [0.1, 0.15) is 46.4 Å². The molecule has 28 heavy (non-hydrogen) atoms. The lowest BCUT2D eigenvalue weighted by molar-refractivity contribution is 0.0935. The lowest BCUT2D eigenvalue weighted by Gasteiger charge is -2.23. The van der Waals surface area contributed by atoms with Gasteiger partial charge in [-0.25, -0.2) is 0 Å². The summed E-state index contributed by atoms with van der Waals surface area (Å²) in [5.74, 6) is -0.184. The monoisotopic (exact) mass is 403 g/mol. The summed E-state index contributed by atoms with van der Waals surface area (Å²) < 4.78 is 26.8. The van der Waals surface area contributed by atoms with Crippen LogP contribution in [0, 0.1) is 13.8 Å². The molecule has 0 aliphatic heterocycles. The van der Waals surface area contributed by atoms with Crippen LogP contribution in [0.5, 0.6) is 0 Å². The maximum absolute atomic E-state index is 12.7. The fourth-order valence-corrected chi connectivity index (χ4v) is 3.94. The number of carbonyl (C=O) groups is 1. The van der Waals surface area contributed by atoms with Gasteiger partial charge in [0.25, 0.3) is 5.91 Å². The second-order valence-corrected chi connectivity index (χ2v) is 9.27. The number of hydrogen-bond acceptors (Lipinski definition) is 3. The minimum absolute atomic E-state index is 0.0791. The fraction of sp³-hybridized carbons (Fsp3) is 0.381. The molecule has 0 fully saturated rings. The zero-order chi connectivity index (χ0) is 21.1. The molecule has 0 aliphatic carbocycles. The molecule has 0 aromatic heterocycles. The first-order valence-corrected chi connectivity index (χ1v) is 10.6. The van der Waals surface area contributed by atoms with Gasteiger partial charge in [0.1, 0.15) is 0 Å². The Morgan fingerprint density at radius 1 is 1.04 bits per heavy atom. The van der Waals surface area contributed by atoms with Crippen molar-refractivity contribution in [3.8, 4) is 0 Å². The van der Waals surface area contributed by atoms with Crippen LogP contribution in [0.3, 0.4) is 0 Å². The summed E-state index contributed by atoms with van der Waals surface area (Å²) in [6, 6.07) is 12.7. The Kier molecular flexibility index (Phi) is 6.85. The number of anilines is 1. The molecule has 7 heteroatoms. The summed E-state index contributed by atoms with van der Waals surface area (Å²) in [6.45, 7) is 6.13. The Morgan fingerprint density at radius 2 is 1.64 bits per heavy atom. The summed E-state index contributed by atoms with van der Waals surface area (Å²) in [5.41, 5.74) is 4.43. The Balaban J connectivity index is 2.18. The van der Waals surface area contributed by atoms with Gasteiger partial charge in [-0.05, 0) is 55.7 Å². The number of nitrogens with zero attached hydrogens (tertiary/aromatic N) is 2. The predicted molar refractivity (Wildman–Crippen MR) is 114 cm³/mol. The molecular formula is C21H29N3O3S. The van der Waals surface area contributed by atoms with Crippen molar-refractivity contribution in [2.45, 2.75) is 33.2 Å². The average Bonchev–Trinajstić information content (AvgIpc) is 2.65. The molecule has 0 heterocycles. The van der Waals surface area contributed by atoms with Crippen LogP contribution in [0.4, 0.5) is 5.69 Å². The summed E-state index contributed by atoms with van der Waals surface area (Å²) >= 11 is 0. The third kappa shape index (κ3) is 4.72. The van der Waals surface area contributed by atoms with E-state index in [-0.39, 0.29) is 11.9 Å². The number of hydrogen-bond donors (Lipinski definition) is 1. The van der Waals surface area contributed by atoms with Crippen LogP contribution in [0.2, 0.25) is 0 Å². The molecule has 1 amide bonds. The molecule has 1 atom stereocenters. The van der Waals surface area contributed by atoms with E-state index in [1.165, 1.54) is 31.0 Å². The van der Waals surface area contributed by atoms with E-state index in [4.69, 9.17) is 0 Å².